The van der Waals surface area contributed by atoms with Gasteiger partial charge in [-0.15, -0.1) is 0 Å². The highest BCUT2D eigenvalue weighted by Gasteiger charge is 2.47. The van der Waals surface area contributed by atoms with Crippen LogP contribution in [0.5, 0.6) is 0 Å². The maximum Gasteiger partial charge on any atom is 0.0662 e. The minimum atomic E-state index is -0.363. The number of hydrogen-bond acceptors (Lipinski definition) is 2. The highest BCUT2D eigenvalue weighted by atomic mass is 35.5. The molecule has 1 aromatic rings. The monoisotopic (exact) mass is 281 g/mol. The molecule has 0 spiro atoms. The zero-order valence-electron chi connectivity index (χ0n) is 11.8. The number of hydrogen-bond donors (Lipinski definition) is 2. The number of rotatable bonds is 3. The van der Waals surface area contributed by atoms with Crippen LogP contribution in [0, 0.1) is 10.8 Å². The fraction of sp³-hybridized carbons (Fsp3) is 0.625. The van der Waals surface area contributed by atoms with Crippen molar-refractivity contribution in [1.82, 2.24) is 0 Å². The van der Waals surface area contributed by atoms with Gasteiger partial charge >= 0.3 is 0 Å². The summed E-state index contributed by atoms with van der Waals surface area (Å²) < 4.78 is 0. The predicted octanol–water partition coefficient (Wildman–Crippen LogP) is 3.40. The lowest BCUT2D eigenvalue weighted by Gasteiger charge is -2.49. The Morgan fingerprint density at radius 1 is 1.37 bits per heavy atom. The molecule has 2 nitrogen and oxygen atoms in total. The molecule has 1 aliphatic carbocycles. The Kier molecular flexibility index (Phi) is 4.24. The van der Waals surface area contributed by atoms with E-state index in [4.69, 9.17) is 17.3 Å². The summed E-state index contributed by atoms with van der Waals surface area (Å²) in [5, 5.41) is 11.5. The van der Waals surface area contributed by atoms with E-state index in [2.05, 4.69) is 19.9 Å². The molecule has 1 aliphatic rings. The molecule has 1 saturated carbocycles. The molecule has 2 rings (SSSR count). The summed E-state index contributed by atoms with van der Waals surface area (Å²) in [4.78, 5) is 0. The third kappa shape index (κ3) is 2.96. The van der Waals surface area contributed by atoms with E-state index in [1.54, 1.807) is 0 Å². The Labute approximate surface area is 121 Å². The summed E-state index contributed by atoms with van der Waals surface area (Å²) in [6.45, 7) is 4.79. The number of benzene rings is 1. The highest BCUT2D eigenvalue weighted by molar-refractivity contribution is 6.30. The quantitative estimate of drug-likeness (QED) is 0.892. The number of aliphatic hydroxyl groups is 1. The first-order valence-corrected chi connectivity index (χ1v) is 7.40. The van der Waals surface area contributed by atoms with Gasteiger partial charge in [0.2, 0.25) is 0 Å². The summed E-state index contributed by atoms with van der Waals surface area (Å²) in [6, 6.07) is 7.88. The van der Waals surface area contributed by atoms with Gasteiger partial charge in [-0.05, 0) is 42.4 Å². The molecule has 2 unspecified atom stereocenters. The van der Waals surface area contributed by atoms with E-state index in [0.29, 0.717) is 6.54 Å². The van der Waals surface area contributed by atoms with Crippen LogP contribution < -0.4 is 5.73 Å². The molecule has 0 aromatic heterocycles. The van der Waals surface area contributed by atoms with Gasteiger partial charge < -0.3 is 10.8 Å². The third-order valence-electron chi connectivity index (χ3n) is 4.67. The first kappa shape index (κ1) is 14.8. The molecule has 1 fully saturated rings. The van der Waals surface area contributed by atoms with Crippen molar-refractivity contribution in [2.75, 3.05) is 6.54 Å². The number of nitrogens with two attached hydrogens (primary N) is 1. The molecule has 0 heterocycles. The lowest BCUT2D eigenvalue weighted by molar-refractivity contribution is -0.0884. The summed E-state index contributed by atoms with van der Waals surface area (Å²) in [7, 11) is 0. The highest BCUT2D eigenvalue weighted by Crippen LogP contribution is 2.47. The minimum Gasteiger partial charge on any atom is -0.392 e. The van der Waals surface area contributed by atoms with Gasteiger partial charge in [-0.25, -0.2) is 0 Å². The molecular weight excluding hydrogens is 258 g/mol. The van der Waals surface area contributed by atoms with E-state index in [1.807, 2.05) is 18.2 Å². The van der Waals surface area contributed by atoms with Crippen LogP contribution in [0.4, 0.5) is 0 Å². The van der Waals surface area contributed by atoms with E-state index in [9.17, 15) is 5.11 Å². The van der Waals surface area contributed by atoms with Gasteiger partial charge in [-0.2, -0.15) is 0 Å². The average Bonchev–Trinajstić information content (AvgIpc) is 2.35. The van der Waals surface area contributed by atoms with Crippen molar-refractivity contribution < 1.29 is 5.11 Å². The smallest absolute Gasteiger partial charge is 0.0662 e. The van der Waals surface area contributed by atoms with E-state index >= 15 is 0 Å². The first-order valence-electron chi connectivity index (χ1n) is 7.02. The Bertz CT molecular complexity index is 446. The molecule has 3 N–H and O–H groups in total. The first-order chi connectivity index (χ1) is 8.89. The predicted molar refractivity (Wildman–Crippen MR) is 80.3 cm³/mol. The van der Waals surface area contributed by atoms with Crippen LogP contribution in [0.15, 0.2) is 24.3 Å². The SMILES string of the molecule is CC1(C)CCCC(CN)(Cc2cccc(Cl)c2)C1O. The maximum absolute atomic E-state index is 10.8. The van der Waals surface area contributed by atoms with Crippen LogP contribution in [0.2, 0.25) is 5.02 Å². The molecule has 2 atom stereocenters. The molecule has 0 saturated heterocycles. The second-order valence-electron chi connectivity index (χ2n) is 6.62. The zero-order chi connectivity index (χ0) is 14.1. The molecule has 0 aliphatic heterocycles. The van der Waals surface area contributed by atoms with Crippen molar-refractivity contribution in [3.63, 3.8) is 0 Å². The van der Waals surface area contributed by atoms with Crippen molar-refractivity contribution in [3.05, 3.63) is 34.9 Å². The largest absolute Gasteiger partial charge is 0.392 e. The van der Waals surface area contributed by atoms with Gasteiger partial charge in [0.1, 0.15) is 0 Å². The van der Waals surface area contributed by atoms with Crippen molar-refractivity contribution in [2.24, 2.45) is 16.6 Å². The molecule has 0 radical (unpaired) electrons. The van der Waals surface area contributed by atoms with Gasteiger partial charge in [0.15, 0.2) is 0 Å². The van der Waals surface area contributed by atoms with E-state index in [0.717, 1.165) is 36.3 Å². The number of aliphatic hydroxyl groups excluding tert-OH is 1. The molecule has 0 amide bonds. The van der Waals surface area contributed by atoms with Crippen LogP contribution in [-0.2, 0) is 6.42 Å². The average molecular weight is 282 g/mol. The number of halogens is 1. The van der Waals surface area contributed by atoms with Crippen molar-refractivity contribution in [2.45, 2.75) is 45.6 Å². The van der Waals surface area contributed by atoms with Gasteiger partial charge in [-0.3, -0.25) is 0 Å². The van der Waals surface area contributed by atoms with Gasteiger partial charge in [0, 0.05) is 17.0 Å². The fourth-order valence-corrected chi connectivity index (χ4v) is 3.74. The van der Waals surface area contributed by atoms with Crippen molar-refractivity contribution in [3.8, 4) is 0 Å². The van der Waals surface area contributed by atoms with E-state index in [1.165, 1.54) is 0 Å². The van der Waals surface area contributed by atoms with Gasteiger partial charge in [0.05, 0.1) is 6.10 Å². The summed E-state index contributed by atoms with van der Waals surface area (Å²) in [5.74, 6) is 0. The van der Waals surface area contributed by atoms with Crippen LogP contribution in [0.3, 0.4) is 0 Å². The van der Waals surface area contributed by atoms with Gasteiger partial charge in [0.25, 0.3) is 0 Å². The molecular formula is C16H24ClNO. The van der Waals surface area contributed by atoms with Crippen LogP contribution in [-0.4, -0.2) is 17.8 Å². The van der Waals surface area contributed by atoms with E-state index < -0.39 is 0 Å². The summed E-state index contributed by atoms with van der Waals surface area (Å²) in [5.41, 5.74) is 6.93. The van der Waals surface area contributed by atoms with Crippen molar-refractivity contribution in [1.29, 1.82) is 0 Å². The lowest BCUT2D eigenvalue weighted by Crippen LogP contribution is -2.53. The Morgan fingerprint density at radius 3 is 2.74 bits per heavy atom. The zero-order valence-corrected chi connectivity index (χ0v) is 12.6. The lowest BCUT2D eigenvalue weighted by atomic mass is 9.59. The molecule has 3 heteroatoms. The minimum absolute atomic E-state index is 0.0593. The standard InChI is InChI=1S/C16H24ClNO/c1-15(2)7-4-8-16(11-18,14(15)19)10-12-5-3-6-13(17)9-12/h3,5-6,9,14,19H,4,7-8,10-11,18H2,1-2H3. The molecule has 1 aromatic carbocycles. The van der Waals surface area contributed by atoms with Crippen LogP contribution >= 0.6 is 11.6 Å². The Balaban J connectivity index is 2.27. The molecule has 106 valence electrons. The molecule has 19 heavy (non-hydrogen) atoms. The Hall–Kier alpha value is -0.570. The second-order valence-corrected chi connectivity index (χ2v) is 7.05. The van der Waals surface area contributed by atoms with Crippen LogP contribution in [0.25, 0.3) is 0 Å². The van der Waals surface area contributed by atoms with E-state index in [-0.39, 0.29) is 16.9 Å². The van der Waals surface area contributed by atoms with Gasteiger partial charge in [-0.1, -0.05) is 44.0 Å². The van der Waals surface area contributed by atoms with Crippen molar-refractivity contribution >= 4 is 11.6 Å². The third-order valence-corrected chi connectivity index (χ3v) is 4.90. The second kappa shape index (κ2) is 5.43. The summed E-state index contributed by atoms with van der Waals surface area (Å²) in [6.07, 6.45) is 3.61. The fourth-order valence-electron chi connectivity index (χ4n) is 3.52. The Morgan fingerprint density at radius 2 is 2.11 bits per heavy atom. The topological polar surface area (TPSA) is 46.2 Å². The summed E-state index contributed by atoms with van der Waals surface area (Å²) >= 11 is 6.05. The normalized spacial score (nSPS) is 30.3. The maximum atomic E-state index is 10.8. The van der Waals surface area contributed by atoms with Crippen LogP contribution in [0.1, 0.15) is 38.7 Å². The molecule has 0 bridgehead atoms.